The van der Waals surface area contributed by atoms with E-state index in [-0.39, 0.29) is 5.91 Å². The lowest BCUT2D eigenvalue weighted by atomic mass is 9.86. The van der Waals surface area contributed by atoms with Gasteiger partial charge in [-0.2, -0.15) is 0 Å². The first-order valence-electron chi connectivity index (χ1n) is 9.78. The Morgan fingerprint density at radius 3 is 2.69 bits per heavy atom. The van der Waals surface area contributed by atoms with E-state index in [9.17, 15) is 4.79 Å². The molecule has 2 saturated heterocycles. The van der Waals surface area contributed by atoms with Gasteiger partial charge in [-0.1, -0.05) is 35.3 Å². The minimum atomic E-state index is 0.0574. The van der Waals surface area contributed by atoms with Crippen molar-refractivity contribution in [3.63, 3.8) is 0 Å². The predicted molar refractivity (Wildman–Crippen MR) is 120 cm³/mol. The van der Waals surface area contributed by atoms with Crippen LogP contribution in [0.25, 0.3) is 0 Å². The van der Waals surface area contributed by atoms with Crippen LogP contribution in [0, 0.1) is 0 Å². The summed E-state index contributed by atoms with van der Waals surface area (Å²) in [5, 5.41) is 1.21. The molecule has 29 heavy (non-hydrogen) atoms. The molecule has 2 aliphatic heterocycles. The first kappa shape index (κ1) is 21.0. The average molecular weight is 498 g/mol. The second-order valence-corrected chi connectivity index (χ2v) is 9.28. The van der Waals surface area contributed by atoms with Crippen molar-refractivity contribution in [2.24, 2.45) is 0 Å². The first-order valence-corrected chi connectivity index (χ1v) is 11.3. The van der Waals surface area contributed by atoms with Gasteiger partial charge in [-0.15, -0.1) is 0 Å². The Kier molecular flexibility index (Phi) is 6.40. The van der Waals surface area contributed by atoms with E-state index in [1.165, 1.54) is 5.56 Å². The highest BCUT2D eigenvalue weighted by Gasteiger charge is 2.35. The van der Waals surface area contributed by atoms with Crippen LogP contribution in [0.3, 0.4) is 0 Å². The molecule has 4 nitrogen and oxygen atoms in total. The number of benzene rings is 2. The molecule has 2 aromatic rings. The van der Waals surface area contributed by atoms with Gasteiger partial charge >= 0.3 is 0 Å². The normalized spacial score (nSPS) is 22.3. The number of nitrogens with zero attached hydrogens (tertiary/aromatic N) is 2. The number of hydrogen-bond donors (Lipinski definition) is 0. The van der Waals surface area contributed by atoms with E-state index in [0.717, 1.165) is 43.5 Å². The van der Waals surface area contributed by atoms with Crippen LogP contribution in [0.15, 0.2) is 40.9 Å². The Morgan fingerprint density at radius 2 is 1.93 bits per heavy atom. The fourth-order valence-electron chi connectivity index (χ4n) is 4.40. The summed E-state index contributed by atoms with van der Waals surface area (Å²) in [6, 6.07) is 11.9. The topological polar surface area (TPSA) is 32.8 Å². The zero-order chi connectivity index (χ0) is 20.5. The largest absolute Gasteiger partial charge is 0.496 e. The molecule has 0 aromatic heterocycles. The van der Waals surface area contributed by atoms with Crippen molar-refractivity contribution in [3.8, 4) is 5.75 Å². The lowest BCUT2D eigenvalue weighted by Crippen LogP contribution is -2.57. The van der Waals surface area contributed by atoms with Gasteiger partial charge in [0.15, 0.2) is 0 Å². The molecule has 2 atom stereocenters. The lowest BCUT2D eigenvalue weighted by Gasteiger charge is -2.46. The highest BCUT2D eigenvalue weighted by molar-refractivity contribution is 9.10. The summed E-state index contributed by atoms with van der Waals surface area (Å²) in [6.45, 7) is 3.37. The molecule has 4 rings (SSSR count). The Balaban J connectivity index is 1.43. The monoisotopic (exact) mass is 496 g/mol. The maximum absolute atomic E-state index is 13.1. The van der Waals surface area contributed by atoms with E-state index in [0.29, 0.717) is 33.3 Å². The molecule has 0 saturated carbocycles. The quantitative estimate of drug-likeness (QED) is 0.563. The van der Waals surface area contributed by atoms with Crippen LogP contribution < -0.4 is 4.74 Å². The van der Waals surface area contributed by atoms with Gasteiger partial charge in [-0.3, -0.25) is 9.69 Å². The van der Waals surface area contributed by atoms with Gasteiger partial charge in [0, 0.05) is 32.2 Å². The van der Waals surface area contributed by atoms with Gasteiger partial charge in [0.25, 0.3) is 5.91 Å². The third-order valence-electron chi connectivity index (χ3n) is 6.02. The smallest absolute Gasteiger partial charge is 0.255 e. The second-order valence-electron chi connectivity index (χ2n) is 7.67. The van der Waals surface area contributed by atoms with Gasteiger partial charge in [-0.25, -0.2) is 0 Å². The second kappa shape index (κ2) is 8.84. The summed E-state index contributed by atoms with van der Waals surface area (Å²) < 4.78 is 6.06. The van der Waals surface area contributed by atoms with Crippen molar-refractivity contribution in [3.05, 3.63) is 62.0 Å². The van der Waals surface area contributed by atoms with E-state index < -0.39 is 0 Å². The van der Waals surface area contributed by atoms with Crippen molar-refractivity contribution in [1.82, 2.24) is 9.80 Å². The zero-order valence-corrected chi connectivity index (χ0v) is 19.3. The molecule has 2 aliphatic rings. The van der Waals surface area contributed by atoms with Crippen molar-refractivity contribution < 1.29 is 9.53 Å². The molecule has 0 radical (unpaired) electrons. The van der Waals surface area contributed by atoms with Crippen molar-refractivity contribution in [1.29, 1.82) is 0 Å². The standard InChI is InChI=1S/C22H23BrCl2N2O2/c1-29-20-4-2-3-17(21(20)23)22(28)27-10-9-26-12-15(5-7-16(26)13-27)14-6-8-18(24)19(25)11-14/h2-4,6,8,11,15-16H,5,7,9-10,12-13H2,1H3. The molecule has 0 N–H and O–H groups in total. The molecule has 154 valence electrons. The van der Waals surface area contributed by atoms with E-state index in [2.05, 4.69) is 26.9 Å². The molecule has 2 aromatic carbocycles. The molecule has 1 amide bonds. The number of methoxy groups -OCH3 is 1. The minimum absolute atomic E-state index is 0.0574. The highest BCUT2D eigenvalue weighted by Crippen LogP contribution is 2.35. The van der Waals surface area contributed by atoms with Crippen LogP contribution in [0.5, 0.6) is 5.75 Å². The van der Waals surface area contributed by atoms with Crippen LogP contribution in [0.2, 0.25) is 10.0 Å². The molecular formula is C22H23BrCl2N2O2. The Bertz CT molecular complexity index is 924. The zero-order valence-electron chi connectivity index (χ0n) is 16.2. The number of piperazine rings is 1. The molecule has 2 unspecified atom stereocenters. The van der Waals surface area contributed by atoms with Crippen LogP contribution in [-0.4, -0.2) is 55.0 Å². The fourth-order valence-corrected chi connectivity index (χ4v) is 5.30. The highest BCUT2D eigenvalue weighted by atomic mass is 79.9. The third kappa shape index (κ3) is 4.29. The van der Waals surface area contributed by atoms with E-state index in [1.807, 2.05) is 35.2 Å². The summed E-state index contributed by atoms with van der Waals surface area (Å²) in [5.74, 6) is 1.19. The molecule has 0 aliphatic carbocycles. The van der Waals surface area contributed by atoms with Gasteiger partial charge in [-0.05, 0) is 64.5 Å². The summed E-state index contributed by atoms with van der Waals surface area (Å²) in [7, 11) is 1.61. The van der Waals surface area contributed by atoms with Gasteiger partial charge in [0.1, 0.15) is 5.75 Å². The molecule has 0 bridgehead atoms. The third-order valence-corrected chi connectivity index (χ3v) is 7.58. The van der Waals surface area contributed by atoms with Crippen molar-refractivity contribution >= 4 is 45.0 Å². The Hall–Kier alpha value is -1.27. The number of carbonyl (C=O) groups excluding carboxylic acids is 1. The molecule has 2 fully saturated rings. The minimum Gasteiger partial charge on any atom is -0.496 e. The first-order chi connectivity index (χ1) is 14.0. The van der Waals surface area contributed by atoms with Crippen LogP contribution in [0.1, 0.15) is 34.7 Å². The van der Waals surface area contributed by atoms with Gasteiger partial charge < -0.3 is 9.64 Å². The van der Waals surface area contributed by atoms with Crippen molar-refractivity contribution in [2.45, 2.75) is 24.8 Å². The summed E-state index contributed by atoms with van der Waals surface area (Å²) >= 11 is 15.8. The Labute approximate surface area is 189 Å². The van der Waals surface area contributed by atoms with E-state index in [1.54, 1.807) is 7.11 Å². The number of hydrogen-bond acceptors (Lipinski definition) is 3. The summed E-state index contributed by atoms with van der Waals surface area (Å²) in [6.07, 6.45) is 2.15. The predicted octanol–water partition coefficient (Wildman–Crippen LogP) is 5.47. The number of piperidine rings is 1. The molecular weight excluding hydrogens is 475 g/mol. The van der Waals surface area contributed by atoms with E-state index in [4.69, 9.17) is 27.9 Å². The van der Waals surface area contributed by atoms with Crippen molar-refractivity contribution in [2.75, 3.05) is 33.3 Å². The average Bonchev–Trinajstić information content (AvgIpc) is 2.74. The van der Waals surface area contributed by atoms with Gasteiger partial charge in [0.2, 0.25) is 0 Å². The van der Waals surface area contributed by atoms with Crippen LogP contribution in [0.4, 0.5) is 0 Å². The van der Waals surface area contributed by atoms with Gasteiger partial charge in [0.05, 0.1) is 27.2 Å². The number of amides is 1. The Morgan fingerprint density at radius 1 is 1.10 bits per heavy atom. The number of fused-ring (bicyclic) bond motifs is 1. The maximum atomic E-state index is 13.1. The number of rotatable bonds is 3. The number of carbonyl (C=O) groups is 1. The summed E-state index contributed by atoms with van der Waals surface area (Å²) in [4.78, 5) is 17.6. The van der Waals surface area contributed by atoms with Crippen LogP contribution >= 0.6 is 39.1 Å². The fraction of sp³-hybridized carbons (Fsp3) is 0.409. The molecule has 2 heterocycles. The molecule has 0 spiro atoms. The number of ether oxygens (including phenoxy) is 1. The molecule has 7 heteroatoms. The van der Waals surface area contributed by atoms with Crippen LogP contribution in [-0.2, 0) is 0 Å². The number of halogens is 3. The maximum Gasteiger partial charge on any atom is 0.255 e. The van der Waals surface area contributed by atoms with E-state index >= 15 is 0 Å². The lowest BCUT2D eigenvalue weighted by molar-refractivity contribution is 0.0328. The SMILES string of the molecule is COc1cccc(C(=O)N2CCN3CC(c4ccc(Cl)c(Cl)c4)CCC3C2)c1Br. The summed E-state index contributed by atoms with van der Waals surface area (Å²) in [5.41, 5.74) is 1.90.